The van der Waals surface area contributed by atoms with E-state index in [9.17, 15) is 79.0 Å². The molecular weight excluding hydrogens is 462 g/mol. The standard InChI is InChI=1S/C10H2F18/c11-1-4(14,15)5(16,8(20,21)22)2(12)3(13)6(17,18)7(19,9(23,24)25)10(26,27)28/h1H2. The van der Waals surface area contributed by atoms with Gasteiger partial charge in [-0.15, -0.1) is 0 Å². The van der Waals surface area contributed by atoms with Crippen LogP contribution in [0.2, 0.25) is 0 Å². The lowest BCUT2D eigenvalue weighted by Crippen LogP contribution is -2.65. The maximum atomic E-state index is 13.4. The van der Waals surface area contributed by atoms with Crippen molar-refractivity contribution in [2.24, 2.45) is 0 Å². The molecule has 0 aliphatic heterocycles. The average Bonchev–Trinajstić information content (AvgIpc) is 2.47. The van der Waals surface area contributed by atoms with Crippen LogP contribution < -0.4 is 0 Å². The Bertz CT molecular complexity index is 587. The Morgan fingerprint density at radius 2 is 0.821 bits per heavy atom. The molecule has 18 heteroatoms. The Balaban J connectivity index is 7.17. The van der Waals surface area contributed by atoms with Gasteiger partial charge < -0.3 is 0 Å². The van der Waals surface area contributed by atoms with Crippen molar-refractivity contribution in [1.82, 2.24) is 0 Å². The van der Waals surface area contributed by atoms with Gasteiger partial charge in [0.25, 0.3) is 0 Å². The van der Waals surface area contributed by atoms with Crippen molar-refractivity contribution in [1.29, 1.82) is 0 Å². The Morgan fingerprint density at radius 3 is 1.04 bits per heavy atom. The Kier molecular flexibility index (Phi) is 6.41. The van der Waals surface area contributed by atoms with Crippen LogP contribution in [0.5, 0.6) is 0 Å². The summed E-state index contributed by atoms with van der Waals surface area (Å²) in [5, 5.41) is 0. The van der Waals surface area contributed by atoms with Gasteiger partial charge in [0, 0.05) is 0 Å². The minimum Gasteiger partial charge on any atom is -0.244 e. The van der Waals surface area contributed by atoms with E-state index in [1.807, 2.05) is 0 Å². The van der Waals surface area contributed by atoms with Crippen LogP contribution in [0.4, 0.5) is 79.0 Å². The van der Waals surface area contributed by atoms with E-state index in [0.717, 1.165) is 0 Å². The molecule has 0 aromatic carbocycles. The molecule has 168 valence electrons. The van der Waals surface area contributed by atoms with Gasteiger partial charge in [0.05, 0.1) is 0 Å². The maximum absolute atomic E-state index is 13.4. The lowest BCUT2D eigenvalue weighted by molar-refractivity contribution is -0.392. The summed E-state index contributed by atoms with van der Waals surface area (Å²) in [7, 11) is 0. The van der Waals surface area contributed by atoms with Crippen molar-refractivity contribution in [2.45, 2.75) is 41.7 Å². The summed E-state index contributed by atoms with van der Waals surface area (Å²) >= 11 is 0. The van der Waals surface area contributed by atoms with Crippen molar-refractivity contribution < 1.29 is 79.0 Å². The lowest BCUT2D eigenvalue weighted by atomic mass is 9.89. The van der Waals surface area contributed by atoms with E-state index in [-0.39, 0.29) is 0 Å². The Labute approximate surface area is 140 Å². The highest BCUT2D eigenvalue weighted by molar-refractivity contribution is 5.30. The van der Waals surface area contributed by atoms with Gasteiger partial charge in [-0.1, -0.05) is 0 Å². The number of rotatable bonds is 5. The molecule has 0 heterocycles. The predicted molar refractivity (Wildman–Crippen MR) is 51.0 cm³/mol. The maximum Gasteiger partial charge on any atom is 0.438 e. The fraction of sp³-hybridized carbons (Fsp3) is 0.800. The van der Waals surface area contributed by atoms with E-state index >= 15 is 0 Å². The van der Waals surface area contributed by atoms with Crippen molar-refractivity contribution >= 4 is 0 Å². The van der Waals surface area contributed by atoms with Crippen LogP contribution in [-0.4, -0.2) is 48.4 Å². The fourth-order valence-corrected chi connectivity index (χ4v) is 1.54. The SMILES string of the molecule is FCC(F)(F)C(F)(C(F)=C(F)C(F)(F)C(F)(C(F)(F)F)C(F)(F)F)C(F)(F)F. The Hall–Kier alpha value is -1.52. The van der Waals surface area contributed by atoms with Gasteiger partial charge in [0.15, 0.2) is 12.5 Å². The minimum absolute atomic E-state index is 3.94. The zero-order chi connectivity index (χ0) is 23.4. The summed E-state index contributed by atoms with van der Waals surface area (Å²) in [4.78, 5) is 0. The molecule has 0 fully saturated rings. The molecule has 1 atom stereocenters. The highest BCUT2D eigenvalue weighted by atomic mass is 19.4. The molecule has 0 spiro atoms. The monoisotopic (exact) mass is 464 g/mol. The summed E-state index contributed by atoms with van der Waals surface area (Å²) in [5.74, 6) is -25.8. The zero-order valence-corrected chi connectivity index (χ0v) is 12.0. The number of hydrogen-bond acceptors (Lipinski definition) is 0. The molecule has 0 N–H and O–H groups in total. The first-order valence-electron chi connectivity index (χ1n) is 5.83. The minimum atomic E-state index is -8.19. The van der Waals surface area contributed by atoms with E-state index in [1.165, 1.54) is 0 Å². The number of halogens is 18. The van der Waals surface area contributed by atoms with Crippen molar-refractivity contribution in [3.63, 3.8) is 0 Å². The number of allylic oxidation sites excluding steroid dienone is 2. The summed E-state index contributed by atoms with van der Waals surface area (Å²) in [6.45, 7) is -3.94. The topological polar surface area (TPSA) is 0 Å². The highest BCUT2D eigenvalue weighted by Gasteiger charge is 2.87. The third kappa shape index (κ3) is 3.46. The lowest BCUT2D eigenvalue weighted by Gasteiger charge is -2.37. The molecule has 0 saturated carbocycles. The second-order valence-electron chi connectivity index (χ2n) is 4.85. The summed E-state index contributed by atoms with van der Waals surface area (Å²) in [6.07, 6.45) is -23.5. The molecule has 0 saturated heterocycles. The van der Waals surface area contributed by atoms with E-state index in [2.05, 4.69) is 0 Å². The molecule has 0 aromatic heterocycles. The summed E-state index contributed by atoms with van der Waals surface area (Å²) < 4.78 is 226. The zero-order valence-electron chi connectivity index (χ0n) is 12.0. The molecular formula is C10H2F18. The molecule has 0 aromatic rings. The molecule has 0 aliphatic rings. The predicted octanol–water partition coefficient (Wildman–Crippen LogP) is 6.48. The van der Waals surface area contributed by atoms with E-state index in [0.29, 0.717) is 0 Å². The summed E-state index contributed by atoms with van der Waals surface area (Å²) in [6, 6.07) is 0. The van der Waals surface area contributed by atoms with Gasteiger partial charge in [-0.3, -0.25) is 0 Å². The normalized spacial score (nSPS) is 18.6. The second kappa shape index (κ2) is 6.77. The first kappa shape index (κ1) is 26.5. The first-order valence-corrected chi connectivity index (χ1v) is 5.83. The van der Waals surface area contributed by atoms with Crippen LogP contribution in [0.25, 0.3) is 0 Å². The number of hydrogen-bond donors (Lipinski definition) is 0. The van der Waals surface area contributed by atoms with E-state index in [4.69, 9.17) is 0 Å². The van der Waals surface area contributed by atoms with Gasteiger partial charge in [0.2, 0.25) is 5.83 Å². The van der Waals surface area contributed by atoms with Crippen LogP contribution in [0, 0.1) is 0 Å². The molecule has 0 rings (SSSR count). The van der Waals surface area contributed by atoms with Crippen LogP contribution in [0.1, 0.15) is 0 Å². The van der Waals surface area contributed by atoms with Gasteiger partial charge in [-0.2, -0.15) is 57.1 Å². The molecule has 0 nitrogen and oxygen atoms in total. The third-order valence-corrected chi connectivity index (χ3v) is 3.05. The smallest absolute Gasteiger partial charge is 0.244 e. The second-order valence-corrected chi connectivity index (χ2v) is 4.85. The molecule has 0 bridgehead atoms. The van der Waals surface area contributed by atoms with Gasteiger partial charge in [-0.25, -0.2) is 22.0 Å². The van der Waals surface area contributed by atoms with Crippen LogP contribution in [0.3, 0.4) is 0 Å². The van der Waals surface area contributed by atoms with E-state index in [1.54, 1.807) is 0 Å². The molecule has 28 heavy (non-hydrogen) atoms. The van der Waals surface area contributed by atoms with Gasteiger partial charge >= 0.3 is 41.7 Å². The van der Waals surface area contributed by atoms with Gasteiger partial charge in [-0.05, 0) is 0 Å². The largest absolute Gasteiger partial charge is 0.438 e. The molecule has 0 aliphatic carbocycles. The van der Waals surface area contributed by atoms with Crippen molar-refractivity contribution in [3.8, 4) is 0 Å². The molecule has 0 radical (unpaired) electrons. The van der Waals surface area contributed by atoms with Crippen LogP contribution >= 0.6 is 0 Å². The molecule has 1 unspecified atom stereocenters. The van der Waals surface area contributed by atoms with Crippen molar-refractivity contribution in [3.05, 3.63) is 11.7 Å². The summed E-state index contributed by atoms with van der Waals surface area (Å²) in [5.41, 5.74) is -15.7. The number of alkyl halides is 16. The average molecular weight is 464 g/mol. The fourth-order valence-electron chi connectivity index (χ4n) is 1.54. The molecule has 0 amide bonds. The third-order valence-electron chi connectivity index (χ3n) is 3.05. The van der Waals surface area contributed by atoms with Crippen LogP contribution in [-0.2, 0) is 0 Å². The Morgan fingerprint density at radius 1 is 0.500 bits per heavy atom. The van der Waals surface area contributed by atoms with Crippen molar-refractivity contribution in [2.75, 3.05) is 6.67 Å². The quantitative estimate of drug-likeness (QED) is 0.409. The highest BCUT2D eigenvalue weighted by Crippen LogP contribution is 2.60. The van der Waals surface area contributed by atoms with E-state index < -0.39 is 60.0 Å². The first-order chi connectivity index (χ1) is 11.9. The van der Waals surface area contributed by atoms with Gasteiger partial charge in [0.1, 0.15) is 0 Å². The van der Waals surface area contributed by atoms with Crippen LogP contribution in [0.15, 0.2) is 11.7 Å².